The van der Waals surface area contributed by atoms with Crippen LogP contribution >= 0.6 is 0 Å². The second-order valence-electron chi connectivity index (χ2n) is 6.91. The smallest absolute Gasteiger partial charge is 0.185 e. The first-order valence-electron chi connectivity index (χ1n) is 8.95. The fourth-order valence-electron chi connectivity index (χ4n) is 3.85. The lowest BCUT2D eigenvalue weighted by Crippen LogP contribution is -2.29. The summed E-state index contributed by atoms with van der Waals surface area (Å²) in [4.78, 5) is 27.2. The van der Waals surface area contributed by atoms with E-state index in [4.69, 9.17) is 4.84 Å². The Morgan fingerprint density at radius 2 is 1.97 bits per heavy atom. The van der Waals surface area contributed by atoms with Crippen molar-refractivity contribution in [1.82, 2.24) is 14.8 Å². The van der Waals surface area contributed by atoms with E-state index in [9.17, 15) is 13.6 Å². The zero-order valence-corrected chi connectivity index (χ0v) is 15.3. The van der Waals surface area contributed by atoms with Crippen LogP contribution in [0.2, 0.25) is 0 Å². The van der Waals surface area contributed by atoms with Crippen molar-refractivity contribution in [2.75, 3.05) is 12.0 Å². The van der Waals surface area contributed by atoms with E-state index in [0.29, 0.717) is 28.4 Å². The number of halogens is 2. The maximum Gasteiger partial charge on any atom is 0.185 e. The van der Waals surface area contributed by atoms with Gasteiger partial charge in [0.25, 0.3) is 0 Å². The summed E-state index contributed by atoms with van der Waals surface area (Å²) in [6.07, 6.45) is 0.741. The van der Waals surface area contributed by atoms with Gasteiger partial charge < -0.3 is 0 Å². The molecule has 3 heterocycles. The number of aromatic nitrogens is 3. The number of rotatable bonds is 2. The Balaban J connectivity index is 1.75. The van der Waals surface area contributed by atoms with Crippen LogP contribution in [0.15, 0.2) is 47.7 Å². The molecule has 2 unspecified atom stereocenters. The van der Waals surface area contributed by atoms with E-state index in [0.717, 1.165) is 0 Å². The maximum atomic E-state index is 14.1. The Hall–Kier alpha value is -3.46. The van der Waals surface area contributed by atoms with Gasteiger partial charge in [-0.3, -0.25) is 24.8 Å². The van der Waals surface area contributed by atoms with Gasteiger partial charge in [0.15, 0.2) is 5.78 Å². The molecule has 1 aromatic heterocycles. The van der Waals surface area contributed by atoms with Gasteiger partial charge in [0.2, 0.25) is 0 Å². The molecule has 0 amide bonds. The van der Waals surface area contributed by atoms with E-state index >= 15 is 0 Å². The van der Waals surface area contributed by atoms with E-state index in [1.165, 1.54) is 30.6 Å². The van der Waals surface area contributed by atoms with Crippen molar-refractivity contribution in [3.8, 4) is 0 Å². The third-order valence-electron chi connectivity index (χ3n) is 5.17. The Morgan fingerprint density at radius 3 is 2.69 bits per heavy atom. The highest BCUT2D eigenvalue weighted by atomic mass is 19.1. The van der Waals surface area contributed by atoms with Crippen molar-refractivity contribution in [2.45, 2.75) is 12.0 Å². The summed E-state index contributed by atoms with van der Waals surface area (Å²) in [5, 5.41) is 4.15. The average Bonchev–Trinajstić information content (AvgIpc) is 3.05. The van der Waals surface area contributed by atoms with Crippen LogP contribution in [0.1, 0.15) is 39.3 Å². The van der Waals surface area contributed by atoms with Crippen molar-refractivity contribution in [3.05, 3.63) is 76.9 Å². The number of nitrogens with one attached hydrogen (secondary N) is 1. The monoisotopic (exact) mass is 395 g/mol. The Kier molecular flexibility index (Phi) is 3.99. The normalized spacial score (nSPS) is 20.5. The number of carbonyl (C=O) groups is 1. The fraction of sp³-hybridized carbons (Fsp3) is 0.200. The van der Waals surface area contributed by atoms with Gasteiger partial charge in [-0.25, -0.2) is 13.8 Å². The van der Waals surface area contributed by atoms with E-state index in [2.05, 4.69) is 20.6 Å². The van der Waals surface area contributed by atoms with Crippen LogP contribution in [0.3, 0.4) is 0 Å². The van der Waals surface area contributed by atoms with Crippen molar-refractivity contribution in [1.29, 1.82) is 0 Å². The minimum Gasteiger partial charge on any atom is -0.292 e. The zero-order chi connectivity index (χ0) is 20.1. The van der Waals surface area contributed by atoms with Crippen LogP contribution < -0.4 is 5.48 Å². The van der Waals surface area contributed by atoms with Crippen LogP contribution in [-0.2, 0) is 11.9 Å². The molecule has 2 aromatic carbocycles. The predicted octanol–water partition coefficient (Wildman–Crippen LogP) is 2.96. The molecule has 0 spiro atoms. The molecule has 2 aliphatic heterocycles. The molecule has 0 saturated carbocycles. The van der Waals surface area contributed by atoms with Gasteiger partial charge in [0, 0.05) is 18.2 Å². The van der Waals surface area contributed by atoms with Gasteiger partial charge in [-0.2, -0.15) is 5.10 Å². The highest BCUT2D eigenvalue weighted by Crippen LogP contribution is 2.43. The number of nitrogens with zero attached hydrogens (tertiary/aromatic N) is 4. The summed E-state index contributed by atoms with van der Waals surface area (Å²) in [5.74, 6) is -1.21. The lowest BCUT2D eigenvalue weighted by atomic mass is 9.83. The number of Topliss-reactive ketones (excluding diaryl/α,β-unsaturated/α-hetero) is 1. The molecule has 7 nitrogen and oxygen atoms in total. The van der Waals surface area contributed by atoms with Gasteiger partial charge in [0.05, 0.1) is 17.3 Å². The molecule has 2 aliphatic rings. The minimum atomic E-state index is -0.672. The molecule has 2 atom stereocenters. The summed E-state index contributed by atoms with van der Waals surface area (Å²) >= 11 is 0. The van der Waals surface area contributed by atoms with Crippen LogP contribution in [0.5, 0.6) is 0 Å². The molecular weight excluding hydrogens is 380 g/mol. The van der Waals surface area contributed by atoms with Crippen molar-refractivity contribution < 1.29 is 18.4 Å². The number of hydrogen-bond donors (Lipinski definition) is 1. The summed E-state index contributed by atoms with van der Waals surface area (Å²) in [6, 6.07) is 8.36. The summed E-state index contributed by atoms with van der Waals surface area (Å²) in [7, 11) is 1.74. The SMILES string of the molecule is Cn1ncnc1C1C2=NCC(=O)c3cc(F)cc(c32)NOC1c1ccc(F)cc1. The quantitative estimate of drug-likeness (QED) is 0.722. The number of aliphatic imine (C=N–C) groups is 1. The van der Waals surface area contributed by atoms with E-state index in [1.54, 1.807) is 23.9 Å². The highest BCUT2D eigenvalue weighted by Gasteiger charge is 2.41. The standard InChI is InChI=1S/C20H15F2N5O2/c1-27-20(24-9-25-27)17-18-16-13(15(28)8-23-18)6-12(22)7-14(16)26-29-19(17)10-2-4-11(21)5-3-10/h2-7,9,17,19,26H,8H2,1H3. The Morgan fingerprint density at radius 1 is 1.17 bits per heavy atom. The number of aryl methyl sites for hydroxylation is 1. The molecule has 0 saturated heterocycles. The van der Waals surface area contributed by atoms with E-state index in [-0.39, 0.29) is 23.7 Å². The molecule has 9 heteroatoms. The predicted molar refractivity (Wildman–Crippen MR) is 99.7 cm³/mol. The first-order chi connectivity index (χ1) is 14.0. The van der Waals surface area contributed by atoms with E-state index < -0.39 is 17.8 Å². The number of anilines is 1. The molecular formula is C20H15F2N5O2. The summed E-state index contributed by atoms with van der Waals surface area (Å²) < 4.78 is 29.2. The summed E-state index contributed by atoms with van der Waals surface area (Å²) in [5.41, 5.74) is 5.03. The van der Waals surface area contributed by atoms with Gasteiger partial charge >= 0.3 is 0 Å². The molecule has 1 N–H and O–H groups in total. The van der Waals surface area contributed by atoms with Crippen LogP contribution in [0.4, 0.5) is 14.5 Å². The third-order valence-corrected chi connectivity index (χ3v) is 5.17. The van der Waals surface area contributed by atoms with E-state index in [1.807, 2.05) is 0 Å². The second-order valence-corrected chi connectivity index (χ2v) is 6.91. The molecule has 0 radical (unpaired) electrons. The number of carbonyl (C=O) groups excluding carboxylic acids is 1. The number of ketones is 1. The van der Waals surface area contributed by atoms with Gasteiger partial charge in [-0.15, -0.1) is 0 Å². The van der Waals surface area contributed by atoms with Crippen LogP contribution in [0.25, 0.3) is 0 Å². The molecule has 0 bridgehead atoms. The molecule has 29 heavy (non-hydrogen) atoms. The Labute approximate surface area is 164 Å². The van der Waals surface area contributed by atoms with Gasteiger partial charge in [0.1, 0.15) is 36.4 Å². The molecule has 5 rings (SSSR count). The molecule has 0 aliphatic carbocycles. The van der Waals surface area contributed by atoms with Gasteiger partial charge in [-0.05, 0) is 29.8 Å². The van der Waals surface area contributed by atoms with Crippen LogP contribution in [0, 0.1) is 11.6 Å². The highest BCUT2D eigenvalue weighted by molar-refractivity contribution is 6.20. The lowest BCUT2D eigenvalue weighted by Gasteiger charge is -2.26. The maximum absolute atomic E-state index is 14.1. The molecule has 3 aromatic rings. The Bertz CT molecular complexity index is 1160. The molecule has 0 fully saturated rings. The van der Waals surface area contributed by atoms with Crippen molar-refractivity contribution >= 4 is 17.2 Å². The first-order valence-corrected chi connectivity index (χ1v) is 8.95. The topological polar surface area (TPSA) is 81.4 Å². The third kappa shape index (κ3) is 2.82. The van der Waals surface area contributed by atoms with Crippen LogP contribution in [-0.4, -0.2) is 32.8 Å². The number of benzene rings is 2. The first kappa shape index (κ1) is 17.6. The van der Waals surface area contributed by atoms with Crippen molar-refractivity contribution in [2.24, 2.45) is 12.0 Å². The second kappa shape index (κ2) is 6.56. The minimum absolute atomic E-state index is 0.101. The summed E-state index contributed by atoms with van der Waals surface area (Å²) in [6.45, 7) is -0.101. The molecule has 146 valence electrons. The van der Waals surface area contributed by atoms with Crippen molar-refractivity contribution in [3.63, 3.8) is 0 Å². The lowest BCUT2D eigenvalue weighted by molar-refractivity contribution is 0.0920. The largest absolute Gasteiger partial charge is 0.292 e. The number of hydrogen-bond acceptors (Lipinski definition) is 6. The fourth-order valence-corrected chi connectivity index (χ4v) is 3.85. The average molecular weight is 395 g/mol. The zero-order valence-electron chi connectivity index (χ0n) is 15.3. The van der Waals surface area contributed by atoms with Gasteiger partial charge in [-0.1, -0.05) is 12.1 Å².